The average molecular weight is 242 g/mol. The Kier molecular flexibility index (Phi) is 5.97. The van der Waals surface area contributed by atoms with Crippen LogP contribution in [-0.2, 0) is 9.59 Å². The van der Waals surface area contributed by atoms with E-state index < -0.39 is 5.97 Å². The van der Waals surface area contributed by atoms with Gasteiger partial charge in [0.25, 0.3) is 0 Å². The number of piperidine rings is 1. The van der Waals surface area contributed by atoms with Crippen molar-refractivity contribution in [3.8, 4) is 0 Å². The highest BCUT2D eigenvalue weighted by Gasteiger charge is 2.26. The van der Waals surface area contributed by atoms with Gasteiger partial charge < -0.3 is 10.4 Å². The van der Waals surface area contributed by atoms with Crippen molar-refractivity contribution in [2.45, 2.75) is 32.6 Å². The van der Waals surface area contributed by atoms with Crippen LogP contribution < -0.4 is 5.32 Å². The Bertz CT molecular complexity index is 268. The van der Waals surface area contributed by atoms with Gasteiger partial charge in [-0.3, -0.25) is 14.5 Å². The van der Waals surface area contributed by atoms with E-state index >= 15 is 0 Å². The fourth-order valence-corrected chi connectivity index (χ4v) is 2.06. The maximum absolute atomic E-state index is 11.6. The predicted octanol–water partition coefficient (Wildman–Crippen LogP) is 0.699. The molecule has 98 valence electrons. The summed E-state index contributed by atoms with van der Waals surface area (Å²) in [6.45, 7) is 4.44. The molecule has 1 fully saturated rings. The van der Waals surface area contributed by atoms with E-state index in [0.717, 1.165) is 32.2 Å². The van der Waals surface area contributed by atoms with Crippen LogP contribution in [0.4, 0.5) is 0 Å². The second kappa shape index (κ2) is 7.27. The summed E-state index contributed by atoms with van der Waals surface area (Å²) in [5.74, 6) is -1.06. The summed E-state index contributed by atoms with van der Waals surface area (Å²) in [4.78, 5) is 24.4. The molecule has 1 atom stereocenters. The van der Waals surface area contributed by atoms with Crippen molar-refractivity contribution in [3.05, 3.63) is 0 Å². The molecule has 5 heteroatoms. The van der Waals surface area contributed by atoms with Crippen LogP contribution in [0.3, 0.4) is 0 Å². The van der Waals surface area contributed by atoms with Crippen molar-refractivity contribution in [2.75, 3.05) is 26.2 Å². The number of hydrogen-bond donors (Lipinski definition) is 2. The van der Waals surface area contributed by atoms with E-state index in [1.807, 2.05) is 4.90 Å². The SMILES string of the molecule is CCCCNC(=O)CN1CCCC(C(=O)O)C1. The van der Waals surface area contributed by atoms with Gasteiger partial charge >= 0.3 is 5.97 Å². The molecule has 2 N–H and O–H groups in total. The standard InChI is InChI=1S/C12H22N2O3/c1-2-3-6-13-11(15)9-14-7-4-5-10(8-14)12(16)17/h10H,2-9H2,1H3,(H,13,15)(H,16,17). The molecule has 17 heavy (non-hydrogen) atoms. The smallest absolute Gasteiger partial charge is 0.307 e. The molecule has 1 aliphatic rings. The number of nitrogens with one attached hydrogen (secondary N) is 1. The third-order valence-corrected chi connectivity index (χ3v) is 3.07. The van der Waals surface area contributed by atoms with Gasteiger partial charge in [0.2, 0.25) is 5.91 Å². The molecular weight excluding hydrogens is 220 g/mol. The summed E-state index contributed by atoms with van der Waals surface area (Å²) in [6, 6.07) is 0. The lowest BCUT2D eigenvalue weighted by atomic mass is 9.98. The van der Waals surface area contributed by atoms with Gasteiger partial charge in [0.05, 0.1) is 12.5 Å². The Morgan fingerprint density at radius 3 is 2.88 bits per heavy atom. The van der Waals surface area contributed by atoms with Gasteiger partial charge in [0.15, 0.2) is 0 Å². The monoisotopic (exact) mass is 242 g/mol. The molecule has 1 unspecified atom stereocenters. The number of hydrogen-bond acceptors (Lipinski definition) is 3. The van der Waals surface area contributed by atoms with E-state index in [2.05, 4.69) is 12.2 Å². The number of nitrogens with zero attached hydrogens (tertiary/aromatic N) is 1. The molecule has 0 bridgehead atoms. The van der Waals surface area contributed by atoms with Crippen LogP contribution in [0.1, 0.15) is 32.6 Å². The van der Waals surface area contributed by atoms with E-state index in [9.17, 15) is 9.59 Å². The van der Waals surface area contributed by atoms with Crippen LogP contribution >= 0.6 is 0 Å². The maximum atomic E-state index is 11.6. The van der Waals surface area contributed by atoms with Gasteiger partial charge in [-0.05, 0) is 25.8 Å². The molecule has 0 aromatic rings. The summed E-state index contributed by atoms with van der Waals surface area (Å²) in [5.41, 5.74) is 0. The third-order valence-electron chi connectivity index (χ3n) is 3.07. The Balaban J connectivity index is 2.26. The zero-order valence-electron chi connectivity index (χ0n) is 10.4. The molecular formula is C12H22N2O3. The summed E-state index contributed by atoms with van der Waals surface area (Å²) >= 11 is 0. The van der Waals surface area contributed by atoms with Gasteiger partial charge in [-0.2, -0.15) is 0 Å². The van der Waals surface area contributed by atoms with E-state index in [-0.39, 0.29) is 11.8 Å². The normalized spacial score (nSPS) is 21.1. The van der Waals surface area contributed by atoms with E-state index in [4.69, 9.17) is 5.11 Å². The molecule has 0 aromatic heterocycles. The van der Waals surface area contributed by atoms with E-state index in [1.165, 1.54) is 0 Å². The van der Waals surface area contributed by atoms with E-state index in [0.29, 0.717) is 19.6 Å². The van der Waals surface area contributed by atoms with Gasteiger partial charge in [0.1, 0.15) is 0 Å². The first kappa shape index (κ1) is 14.0. The Labute approximate surface area is 102 Å². The number of amides is 1. The van der Waals surface area contributed by atoms with Crippen LogP contribution in [0.15, 0.2) is 0 Å². The molecule has 0 radical (unpaired) electrons. The van der Waals surface area contributed by atoms with Crippen molar-refractivity contribution >= 4 is 11.9 Å². The van der Waals surface area contributed by atoms with Crippen LogP contribution in [0.2, 0.25) is 0 Å². The molecule has 1 aliphatic heterocycles. The van der Waals surface area contributed by atoms with Gasteiger partial charge in [-0.25, -0.2) is 0 Å². The lowest BCUT2D eigenvalue weighted by Crippen LogP contribution is -2.44. The molecule has 5 nitrogen and oxygen atoms in total. The lowest BCUT2D eigenvalue weighted by Gasteiger charge is -2.29. The van der Waals surface area contributed by atoms with Crippen LogP contribution in [0.25, 0.3) is 0 Å². The topological polar surface area (TPSA) is 69.6 Å². The minimum Gasteiger partial charge on any atom is -0.481 e. The lowest BCUT2D eigenvalue weighted by molar-refractivity contribution is -0.144. The number of carbonyl (C=O) groups is 2. The van der Waals surface area contributed by atoms with Gasteiger partial charge in [-0.1, -0.05) is 13.3 Å². The van der Waals surface area contributed by atoms with Crippen molar-refractivity contribution < 1.29 is 14.7 Å². The highest BCUT2D eigenvalue weighted by molar-refractivity contribution is 5.78. The quantitative estimate of drug-likeness (QED) is 0.673. The number of carboxylic acid groups (broad SMARTS) is 1. The minimum absolute atomic E-state index is 0.00416. The highest BCUT2D eigenvalue weighted by Crippen LogP contribution is 2.15. The number of unbranched alkanes of at least 4 members (excludes halogenated alkanes) is 1. The number of likely N-dealkylation sites (tertiary alicyclic amines) is 1. The fourth-order valence-electron chi connectivity index (χ4n) is 2.06. The summed E-state index contributed by atoms with van der Waals surface area (Å²) in [6.07, 6.45) is 3.64. The first-order valence-corrected chi connectivity index (χ1v) is 6.35. The Hall–Kier alpha value is -1.10. The van der Waals surface area contributed by atoms with Crippen LogP contribution in [-0.4, -0.2) is 48.1 Å². The molecule has 0 spiro atoms. The van der Waals surface area contributed by atoms with Gasteiger partial charge in [-0.15, -0.1) is 0 Å². The number of aliphatic carboxylic acids is 1. The van der Waals surface area contributed by atoms with Crippen LogP contribution in [0.5, 0.6) is 0 Å². The average Bonchev–Trinajstić information content (AvgIpc) is 2.29. The second-order valence-electron chi connectivity index (χ2n) is 4.62. The first-order valence-electron chi connectivity index (χ1n) is 6.35. The van der Waals surface area contributed by atoms with E-state index in [1.54, 1.807) is 0 Å². The molecule has 1 rings (SSSR count). The van der Waals surface area contributed by atoms with Crippen molar-refractivity contribution in [3.63, 3.8) is 0 Å². The number of carboxylic acids is 1. The third kappa shape index (κ3) is 5.17. The predicted molar refractivity (Wildman–Crippen MR) is 64.7 cm³/mol. The minimum atomic E-state index is -0.749. The number of carbonyl (C=O) groups excluding carboxylic acids is 1. The molecule has 1 saturated heterocycles. The molecule has 1 amide bonds. The Morgan fingerprint density at radius 2 is 2.24 bits per heavy atom. The van der Waals surface area contributed by atoms with Crippen LogP contribution in [0, 0.1) is 5.92 Å². The molecule has 1 heterocycles. The van der Waals surface area contributed by atoms with Crippen molar-refractivity contribution in [1.82, 2.24) is 10.2 Å². The zero-order chi connectivity index (χ0) is 12.7. The molecule has 0 aromatic carbocycles. The zero-order valence-corrected chi connectivity index (χ0v) is 10.4. The Morgan fingerprint density at radius 1 is 1.47 bits per heavy atom. The van der Waals surface area contributed by atoms with Gasteiger partial charge in [0, 0.05) is 13.1 Å². The fraction of sp³-hybridized carbons (Fsp3) is 0.833. The maximum Gasteiger partial charge on any atom is 0.307 e. The highest BCUT2D eigenvalue weighted by atomic mass is 16.4. The first-order chi connectivity index (χ1) is 8.13. The summed E-state index contributed by atoms with van der Waals surface area (Å²) < 4.78 is 0. The van der Waals surface area contributed by atoms with Crippen molar-refractivity contribution in [2.24, 2.45) is 5.92 Å². The molecule has 0 saturated carbocycles. The second-order valence-corrected chi connectivity index (χ2v) is 4.62. The number of rotatable bonds is 6. The largest absolute Gasteiger partial charge is 0.481 e. The summed E-state index contributed by atoms with van der Waals surface area (Å²) in [5, 5.41) is 11.8. The molecule has 0 aliphatic carbocycles. The summed E-state index contributed by atoms with van der Waals surface area (Å²) in [7, 11) is 0. The van der Waals surface area contributed by atoms with Crippen molar-refractivity contribution in [1.29, 1.82) is 0 Å².